The molecule has 15 heavy (non-hydrogen) atoms. The first-order valence-electron chi connectivity index (χ1n) is 4.43. The van der Waals surface area contributed by atoms with Crippen molar-refractivity contribution in [1.29, 1.82) is 0 Å². The van der Waals surface area contributed by atoms with Gasteiger partial charge in [-0.25, -0.2) is 0 Å². The third kappa shape index (κ3) is 3.58. The zero-order valence-corrected chi connectivity index (χ0v) is 10.3. The molecule has 92 valence electrons. The molecule has 0 bridgehead atoms. The van der Waals surface area contributed by atoms with Crippen molar-refractivity contribution in [3.05, 3.63) is 0 Å². The summed E-state index contributed by atoms with van der Waals surface area (Å²) in [6.45, 7) is 0. The smallest absolute Gasteiger partial charge is 0.257 e. The summed E-state index contributed by atoms with van der Waals surface area (Å²) in [5.41, 5.74) is 0. The van der Waals surface area contributed by atoms with Gasteiger partial charge in [0.1, 0.15) is 0 Å². The summed E-state index contributed by atoms with van der Waals surface area (Å²) in [4.78, 5) is 0. The second kappa shape index (κ2) is 6.68. The van der Waals surface area contributed by atoms with Crippen molar-refractivity contribution >= 4 is 16.6 Å². The van der Waals surface area contributed by atoms with Crippen molar-refractivity contribution in [3.8, 4) is 0 Å². The average Bonchev–Trinajstić information content (AvgIpc) is 2.33. The van der Waals surface area contributed by atoms with E-state index in [2.05, 4.69) is 0 Å². The zero-order chi connectivity index (χ0) is 11.9. The molecule has 0 radical (unpaired) electrons. The summed E-state index contributed by atoms with van der Waals surface area (Å²) in [5, 5.41) is 54.1. The summed E-state index contributed by atoms with van der Waals surface area (Å²) in [6, 6.07) is 0. The highest BCUT2D eigenvalue weighted by Gasteiger charge is 2.44. The van der Waals surface area contributed by atoms with Gasteiger partial charge in [0.2, 0.25) is 0 Å². The summed E-state index contributed by atoms with van der Waals surface area (Å²) in [6.07, 6.45) is -3.20. The van der Waals surface area contributed by atoms with Crippen LogP contribution in [-0.2, 0) is 4.12 Å². The third-order valence-electron chi connectivity index (χ3n) is 2.16. The van der Waals surface area contributed by atoms with Gasteiger partial charge in [0.25, 0.3) is 16.6 Å². The van der Waals surface area contributed by atoms with Gasteiger partial charge in [0, 0.05) is 0 Å². The molecule has 0 aliphatic heterocycles. The molecule has 0 saturated heterocycles. The number of hydrogen-bond acceptors (Lipinski definition) is 7. The van der Waals surface area contributed by atoms with Crippen LogP contribution < -0.4 is 0 Å². The number of rotatable bonds is 8. The van der Waals surface area contributed by atoms with Gasteiger partial charge in [-0.3, -0.25) is 0 Å². The molecule has 0 fully saturated rings. The molecule has 0 heterocycles. The largest absolute Gasteiger partial charge is 0.447 e. The van der Waals surface area contributed by atoms with Crippen molar-refractivity contribution in [2.24, 2.45) is 0 Å². The molecule has 0 amide bonds. The highest BCUT2D eigenvalue weighted by atomic mass is 28.4. The Morgan fingerprint density at radius 1 is 0.533 bits per heavy atom. The van der Waals surface area contributed by atoms with Gasteiger partial charge >= 0.3 is 0 Å². The van der Waals surface area contributed by atoms with E-state index in [-0.39, 0.29) is 0 Å². The molecule has 0 aromatic carbocycles. The fraction of sp³-hybridized carbons (Fsp3) is 1.00. The molecule has 0 atom stereocenters. The zero-order valence-electron chi connectivity index (χ0n) is 8.33. The summed E-state index contributed by atoms with van der Waals surface area (Å²) < 4.78 is 5.30. The van der Waals surface area contributed by atoms with Gasteiger partial charge in [-0.2, -0.15) is 0 Å². The minimum atomic E-state index is -3.17. The molecule has 0 spiro atoms. The lowest BCUT2D eigenvalue weighted by Gasteiger charge is -2.36. The van der Waals surface area contributed by atoms with Crippen LogP contribution in [0.1, 0.15) is 0 Å². The quantitative estimate of drug-likeness (QED) is 0.245. The number of hydrogen-bond donors (Lipinski definition) is 6. The molecule has 0 aliphatic carbocycles. The van der Waals surface area contributed by atoms with E-state index in [4.69, 9.17) is 34.8 Å². The van der Waals surface area contributed by atoms with E-state index in [0.29, 0.717) is 0 Å². The highest BCUT2D eigenvalue weighted by Crippen LogP contribution is 2.12. The van der Waals surface area contributed by atoms with Gasteiger partial charge in [0.15, 0.2) is 0 Å². The normalized spacial score (nSPS) is 13.2. The molecule has 0 aromatic rings. The SMILES string of the molecule is OC[Si](CO)(CO)O[Si](CO)(CO)CO. The predicted molar refractivity (Wildman–Crippen MR) is 55.1 cm³/mol. The van der Waals surface area contributed by atoms with E-state index in [9.17, 15) is 0 Å². The fourth-order valence-corrected chi connectivity index (χ4v) is 6.78. The Morgan fingerprint density at radius 2 is 0.733 bits per heavy atom. The van der Waals surface area contributed by atoms with E-state index in [0.717, 1.165) is 0 Å². The molecule has 0 saturated carbocycles. The van der Waals surface area contributed by atoms with Gasteiger partial charge in [-0.1, -0.05) is 0 Å². The molecule has 0 unspecified atom stereocenters. The van der Waals surface area contributed by atoms with Gasteiger partial charge in [-0.05, 0) is 0 Å². The topological polar surface area (TPSA) is 131 Å². The predicted octanol–water partition coefficient (Wildman–Crippen LogP) is -3.92. The standard InChI is InChI=1S/C6H18O7Si2/c7-1-14(2-8,3-9)13-15(4-10,5-11)6-12/h7-12H,1-6H2. The third-order valence-corrected chi connectivity index (χ3v) is 9.08. The summed E-state index contributed by atoms with van der Waals surface area (Å²) >= 11 is 0. The lowest BCUT2D eigenvalue weighted by atomic mass is 11.6. The van der Waals surface area contributed by atoms with Crippen LogP contribution in [0, 0.1) is 0 Å². The lowest BCUT2D eigenvalue weighted by Crippen LogP contribution is -2.64. The molecule has 7 nitrogen and oxygen atoms in total. The number of aliphatic hydroxyl groups is 6. The Hall–Kier alpha value is 0.154. The van der Waals surface area contributed by atoms with Gasteiger partial charge < -0.3 is 34.8 Å². The molecule has 0 aromatic heterocycles. The van der Waals surface area contributed by atoms with E-state index < -0.39 is 54.0 Å². The van der Waals surface area contributed by atoms with Crippen LogP contribution >= 0.6 is 0 Å². The number of aliphatic hydroxyl groups excluding tert-OH is 6. The van der Waals surface area contributed by atoms with Crippen LogP contribution in [0.5, 0.6) is 0 Å². The molecule has 0 aliphatic rings. The first-order chi connectivity index (χ1) is 7.07. The molecular weight excluding hydrogens is 240 g/mol. The maximum atomic E-state index is 9.02. The van der Waals surface area contributed by atoms with Crippen LogP contribution in [0.15, 0.2) is 0 Å². The first kappa shape index (κ1) is 15.2. The van der Waals surface area contributed by atoms with E-state index in [1.807, 2.05) is 0 Å². The van der Waals surface area contributed by atoms with Crippen LogP contribution in [0.4, 0.5) is 0 Å². The van der Waals surface area contributed by atoms with Gasteiger partial charge in [-0.15, -0.1) is 0 Å². The Balaban J connectivity index is 4.74. The van der Waals surface area contributed by atoms with E-state index in [1.165, 1.54) is 0 Å². The van der Waals surface area contributed by atoms with Crippen LogP contribution in [0.2, 0.25) is 0 Å². The average molecular weight is 258 g/mol. The Labute approximate surface area is 89.5 Å². The van der Waals surface area contributed by atoms with Crippen molar-refractivity contribution in [2.75, 3.05) is 37.4 Å². The Bertz CT molecular complexity index is 136. The van der Waals surface area contributed by atoms with Crippen LogP contribution in [0.25, 0.3) is 0 Å². The highest BCUT2D eigenvalue weighted by molar-refractivity contribution is 6.87. The summed E-state index contributed by atoms with van der Waals surface area (Å²) in [5.74, 6) is 0. The summed E-state index contributed by atoms with van der Waals surface area (Å²) in [7, 11) is -6.33. The minimum absolute atomic E-state index is 0.533. The van der Waals surface area contributed by atoms with Crippen molar-refractivity contribution in [2.45, 2.75) is 0 Å². The molecule has 0 rings (SSSR count). The second-order valence-corrected chi connectivity index (χ2v) is 10.9. The molecule has 6 N–H and O–H groups in total. The van der Waals surface area contributed by atoms with Crippen molar-refractivity contribution in [1.82, 2.24) is 0 Å². The Morgan fingerprint density at radius 3 is 0.867 bits per heavy atom. The minimum Gasteiger partial charge on any atom is -0.447 e. The lowest BCUT2D eigenvalue weighted by molar-refractivity contribution is 0.209. The van der Waals surface area contributed by atoms with Crippen molar-refractivity contribution in [3.63, 3.8) is 0 Å². The van der Waals surface area contributed by atoms with Crippen LogP contribution in [-0.4, -0.2) is 84.7 Å². The monoisotopic (exact) mass is 258 g/mol. The Kier molecular flexibility index (Phi) is 6.74. The van der Waals surface area contributed by atoms with E-state index >= 15 is 0 Å². The van der Waals surface area contributed by atoms with Gasteiger partial charge in [0.05, 0.1) is 37.4 Å². The first-order valence-corrected chi connectivity index (χ1v) is 9.49. The molecular formula is C6H18O7Si2. The second-order valence-electron chi connectivity index (χ2n) is 3.42. The fourth-order valence-electron chi connectivity index (χ4n) is 0.953. The van der Waals surface area contributed by atoms with E-state index in [1.54, 1.807) is 0 Å². The molecule has 9 heteroatoms. The van der Waals surface area contributed by atoms with Crippen LogP contribution in [0.3, 0.4) is 0 Å². The maximum absolute atomic E-state index is 9.02. The maximum Gasteiger partial charge on any atom is 0.257 e. The van der Waals surface area contributed by atoms with Crippen molar-refractivity contribution < 1.29 is 34.8 Å².